The average molecular weight is 239 g/mol. The molecular formula is C11H20F3NO. The Morgan fingerprint density at radius 2 is 2.00 bits per heavy atom. The molecule has 2 N–H and O–H groups in total. The zero-order chi connectivity index (χ0) is 12.2. The van der Waals surface area contributed by atoms with Crippen LogP contribution in [0.5, 0.6) is 0 Å². The van der Waals surface area contributed by atoms with Crippen LogP contribution in [0.3, 0.4) is 0 Å². The van der Waals surface area contributed by atoms with Crippen molar-refractivity contribution in [3.63, 3.8) is 0 Å². The molecular weight excluding hydrogens is 219 g/mol. The van der Waals surface area contributed by atoms with E-state index in [2.05, 4.69) is 0 Å². The molecule has 1 aliphatic rings. The summed E-state index contributed by atoms with van der Waals surface area (Å²) >= 11 is 0. The molecule has 1 aliphatic carbocycles. The Morgan fingerprint density at radius 1 is 1.38 bits per heavy atom. The highest BCUT2D eigenvalue weighted by molar-refractivity contribution is 4.88. The van der Waals surface area contributed by atoms with Gasteiger partial charge in [0.1, 0.15) is 0 Å². The van der Waals surface area contributed by atoms with Crippen molar-refractivity contribution in [1.82, 2.24) is 0 Å². The van der Waals surface area contributed by atoms with Crippen LogP contribution >= 0.6 is 0 Å². The Bertz CT molecular complexity index is 204. The van der Waals surface area contributed by atoms with Crippen LogP contribution in [0.15, 0.2) is 0 Å². The maximum absolute atomic E-state index is 12.0. The SMILES string of the molecule is CCOC(C(N)CCCC(F)(F)F)C1CC1. The highest BCUT2D eigenvalue weighted by Crippen LogP contribution is 2.36. The van der Waals surface area contributed by atoms with E-state index in [0.717, 1.165) is 12.8 Å². The third kappa shape index (κ3) is 5.16. The van der Waals surface area contributed by atoms with E-state index in [4.69, 9.17) is 10.5 Å². The second-order valence-electron chi connectivity index (χ2n) is 4.43. The summed E-state index contributed by atoms with van der Waals surface area (Å²) in [6.07, 6.45) is -2.18. The third-order valence-corrected chi connectivity index (χ3v) is 2.87. The second-order valence-corrected chi connectivity index (χ2v) is 4.43. The molecule has 0 radical (unpaired) electrons. The molecule has 0 bridgehead atoms. The molecule has 0 aliphatic heterocycles. The molecule has 1 rings (SSSR count). The van der Waals surface area contributed by atoms with Gasteiger partial charge in [-0.3, -0.25) is 0 Å². The molecule has 0 aromatic rings. The van der Waals surface area contributed by atoms with Crippen LogP contribution < -0.4 is 5.73 Å². The van der Waals surface area contributed by atoms with Crippen LogP contribution in [0.2, 0.25) is 0 Å². The monoisotopic (exact) mass is 239 g/mol. The lowest BCUT2D eigenvalue weighted by Crippen LogP contribution is -2.38. The Morgan fingerprint density at radius 3 is 2.44 bits per heavy atom. The molecule has 0 spiro atoms. The van der Waals surface area contributed by atoms with Gasteiger partial charge in [-0.15, -0.1) is 0 Å². The smallest absolute Gasteiger partial charge is 0.377 e. The minimum Gasteiger partial charge on any atom is -0.377 e. The molecule has 0 heterocycles. The number of hydrogen-bond acceptors (Lipinski definition) is 2. The lowest BCUT2D eigenvalue weighted by Gasteiger charge is -2.23. The molecule has 0 aromatic carbocycles. The molecule has 5 heteroatoms. The summed E-state index contributed by atoms with van der Waals surface area (Å²) in [5, 5.41) is 0. The van der Waals surface area contributed by atoms with Gasteiger partial charge in [0.25, 0.3) is 0 Å². The van der Waals surface area contributed by atoms with Gasteiger partial charge in [0, 0.05) is 19.1 Å². The molecule has 96 valence electrons. The molecule has 2 nitrogen and oxygen atoms in total. The Kier molecular flexibility index (Phi) is 5.05. The second kappa shape index (κ2) is 5.87. The largest absolute Gasteiger partial charge is 0.389 e. The first kappa shape index (κ1) is 13.8. The van der Waals surface area contributed by atoms with Crippen molar-refractivity contribution in [2.24, 2.45) is 11.7 Å². The third-order valence-electron chi connectivity index (χ3n) is 2.87. The number of ether oxygens (including phenoxy) is 1. The summed E-state index contributed by atoms with van der Waals surface area (Å²) < 4.78 is 41.4. The fourth-order valence-corrected chi connectivity index (χ4v) is 1.93. The van der Waals surface area contributed by atoms with Crippen LogP contribution in [0.4, 0.5) is 13.2 Å². The van der Waals surface area contributed by atoms with Gasteiger partial charge in [-0.25, -0.2) is 0 Å². The van der Waals surface area contributed by atoms with Gasteiger partial charge in [0.15, 0.2) is 0 Å². The molecule has 1 saturated carbocycles. The summed E-state index contributed by atoms with van der Waals surface area (Å²) in [7, 11) is 0. The lowest BCUT2D eigenvalue weighted by atomic mass is 10.0. The summed E-state index contributed by atoms with van der Waals surface area (Å²) in [6.45, 7) is 2.46. The van der Waals surface area contributed by atoms with Crippen molar-refractivity contribution in [3.05, 3.63) is 0 Å². The van der Waals surface area contributed by atoms with E-state index in [1.165, 1.54) is 0 Å². The van der Waals surface area contributed by atoms with Crippen LogP contribution in [0.25, 0.3) is 0 Å². The standard InChI is InChI=1S/C11H20F3NO/c1-2-16-10(8-5-6-8)9(15)4-3-7-11(12,13)14/h8-10H,2-7,15H2,1H3. The molecule has 1 fully saturated rings. The zero-order valence-electron chi connectivity index (χ0n) is 9.59. The van der Waals surface area contributed by atoms with Gasteiger partial charge in [0.2, 0.25) is 0 Å². The summed E-state index contributed by atoms with van der Waals surface area (Å²) in [5.74, 6) is 0.473. The van der Waals surface area contributed by atoms with Crippen LogP contribution in [-0.2, 0) is 4.74 Å². The van der Waals surface area contributed by atoms with Crippen LogP contribution in [0.1, 0.15) is 39.0 Å². The van der Waals surface area contributed by atoms with E-state index in [1.807, 2.05) is 6.92 Å². The van der Waals surface area contributed by atoms with E-state index < -0.39 is 12.6 Å². The predicted octanol–water partition coefficient (Wildman–Crippen LogP) is 2.86. The van der Waals surface area contributed by atoms with Crippen molar-refractivity contribution in [3.8, 4) is 0 Å². The quantitative estimate of drug-likeness (QED) is 0.741. The van der Waals surface area contributed by atoms with Crippen molar-refractivity contribution < 1.29 is 17.9 Å². The van der Waals surface area contributed by atoms with Crippen LogP contribution in [-0.4, -0.2) is 24.9 Å². The predicted molar refractivity (Wildman–Crippen MR) is 56.0 cm³/mol. The first-order chi connectivity index (χ1) is 7.44. The van der Waals surface area contributed by atoms with Crippen molar-refractivity contribution in [1.29, 1.82) is 0 Å². The van der Waals surface area contributed by atoms with E-state index in [1.54, 1.807) is 0 Å². The van der Waals surface area contributed by atoms with E-state index in [-0.39, 0.29) is 18.6 Å². The maximum Gasteiger partial charge on any atom is 0.389 e. The minimum absolute atomic E-state index is 0.0433. The normalized spacial score (nSPS) is 20.8. The van der Waals surface area contributed by atoms with Gasteiger partial charge < -0.3 is 10.5 Å². The fourth-order valence-electron chi connectivity index (χ4n) is 1.93. The Hall–Kier alpha value is -0.290. The summed E-state index contributed by atoms with van der Waals surface area (Å²) in [4.78, 5) is 0. The van der Waals surface area contributed by atoms with Gasteiger partial charge >= 0.3 is 6.18 Å². The summed E-state index contributed by atoms with van der Waals surface area (Å²) in [6, 6.07) is -0.255. The van der Waals surface area contributed by atoms with Gasteiger partial charge in [-0.2, -0.15) is 13.2 Å². The first-order valence-electron chi connectivity index (χ1n) is 5.88. The summed E-state index contributed by atoms with van der Waals surface area (Å²) in [5.41, 5.74) is 5.88. The highest BCUT2D eigenvalue weighted by Gasteiger charge is 2.36. The number of rotatable bonds is 7. The molecule has 0 aromatic heterocycles. The van der Waals surface area contributed by atoms with Gasteiger partial charge in [-0.1, -0.05) is 0 Å². The van der Waals surface area contributed by atoms with Gasteiger partial charge in [-0.05, 0) is 38.5 Å². The Labute approximate surface area is 94.3 Å². The zero-order valence-corrected chi connectivity index (χ0v) is 9.59. The van der Waals surface area contributed by atoms with Gasteiger partial charge in [0.05, 0.1) is 6.10 Å². The maximum atomic E-state index is 12.0. The number of alkyl halides is 3. The first-order valence-corrected chi connectivity index (χ1v) is 5.88. The number of halogens is 3. The lowest BCUT2D eigenvalue weighted by molar-refractivity contribution is -0.136. The van der Waals surface area contributed by atoms with E-state index in [9.17, 15) is 13.2 Å². The minimum atomic E-state index is -4.07. The number of hydrogen-bond donors (Lipinski definition) is 1. The molecule has 0 amide bonds. The Balaban J connectivity index is 2.23. The van der Waals surface area contributed by atoms with E-state index >= 15 is 0 Å². The fraction of sp³-hybridized carbons (Fsp3) is 1.00. The molecule has 0 saturated heterocycles. The van der Waals surface area contributed by atoms with Crippen molar-refractivity contribution in [2.75, 3.05) is 6.61 Å². The van der Waals surface area contributed by atoms with Crippen molar-refractivity contribution in [2.45, 2.75) is 57.3 Å². The highest BCUT2D eigenvalue weighted by atomic mass is 19.4. The molecule has 16 heavy (non-hydrogen) atoms. The number of nitrogens with two attached hydrogens (primary N) is 1. The average Bonchev–Trinajstić information content (AvgIpc) is 2.95. The van der Waals surface area contributed by atoms with Crippen molar-refractivity contribution >= 4 is 0 Å². The molecule has 2 atom stereocenters. The van der Waals surface area contributed by atoms with E-state index in [0.29, 0.717) is 18.9 Å². The van der Waals surface area contributed by atoms with Crippen LogP contribution in [0, 0.1) is 5.92 Å². The molecule has 2 unspecified atom stereocenters. The topological polar surface area (TPSA) is 35.2 Å².